The number of fused-ring (bicyclic) bond motifs is 2. The highest BCUT2D eigenvalue weighted by Crippen LogP contribution is 2.38. The average Bonchev–Trinajstić information content (AvgIpc) is 3.11. The number of Topliss-reactive ketones (excluding diaryl/α,β-unsaturated/α-hetero) is 2. The highest BCUT2D eigenvalue weighted by atomic mass is 32.2. The number of aromatic nitrogens is 2. The first-order valence-corrected chi connectivity index (χ1v) is 9.77. The molecule has 0 amide bonds. The van der Waals surface area contributed by atoms with E-state index in [0.29, 0.717) is 34.1 Å². The van der Waals surface area contributed by atoms with Gasteiger partial charge in [0.25, 0.3) is 0 Å². The molecule has 0 spiro atoms. The number of rotatable bonds is 3. The van der Waals surface area contributed by atoms with Crippen molar-refractivity contribution in [2.45, 2.75) is 30.7 Å². The molecular weight excluding hydrogens is 362 g/mol. The van der Waals surface area contributed by atoms with E-state index in [-0.39, 0.29) is 18.0 Å². The number of imidazole rings is 1. The Bertz CT molecular complexity index is 1050. The summed E-state index contributed by atoms with van der Waals surface area (Å²) in [6.45, 7) is 3.51. The number of nitrogens with one attached hydrogen (secondary N) is 1. The molecule has 1 aliphatic carbocycles. The van der Waals surface area contributed by atoms with Crippen LogP contribution in [-0.2, 0) is 4.79 Å². The van der Waals surface area contributed by atoms with Gasteiger partial charge in [0.05, 0.1) is 12.7 Å². The number of thioether (sulfide) groups is 1. The normalized spacial score (nSPS) is 17.8. The number of H-pyrrole nitrogens is 1. The molecular formula is C20H19N3O3S. The van der Waals surface area contributed by atoms with E-state index < -0.39 is 5.54 Å². The second-order valence-electron chi connectivity index (χ2n) is 7.01. The lowest BCUT2D eigenvalue weighted by atomic mass is 9.81. The van der Waals surface area contributed by atoms with Crippen LogP contribution in [0.2, 0.25) is 0 Å². The van der Waals surface area contributed by atoms with Crippen molar-refractivity contribution < 1.29 is 14.3 Å². The summed E-state index contributed by atoms with van der Waals surface area (Å²) in [5.41, 5.74) is 1.96. The maximum absolute atomic E-state index is 12.7. The van der Waals surface area contributed by atoms with Crippen LogP contribution in [0.15, 0.2) is 33.7 Å². The Morgan fingerprint density at radius 1 is 1.26 bits per heavy atom. The van der Waals surface area contributed by atoms with E-state index in [9.17, 15) is 9.59 Å². The van der Waals surface area contributed by atoms with Crippen LogP contribution in [0.4, 0.5) is 0 Å². The van der Waals surface area contributed by atoms with Crippen LogP contribution < -0.4 is 4.74 Å². The number of methoxy groups -OCH3 is 1. The summed E-state index contributed by atoms with van der Waals surface area (Å²) in [5.74, 6) is 0.947. The zero-order chi connectivity index (χ0) is 19.3. The topological polar surface area (TPSA) is 84.4 Å². The van der Waals surface area contributed by atoms with Gasteiger partial charge in [-0.05, 0) is 38.3 Å². The molecule has 4 rings (SSSR count). The summed E-state index contributed by atoms with van der Waals surface area (Å²) in [4.78, 5) is 38.6. The number of aliphatic imine (C=N–C) groups is 1. The molecule has 0 bridgehead atoms. The largest absolute Gasteiger partial charge is 0.496 e. The molecule has 6 nitrogen and oxygen atoms in total. The van der Waals surface area contributed by atoms with Crippen molar-refractivity contribution in [1.82, 2.24) is 9.97 Å². The molecule has 0 unspecified atom stereocenters. The van der Waals surface area contributed by atoms with Crippen LogP contribution in [0, 0.1) is 0 Å². The van der Waals surface area contributed by atoms with E-state index in [1.165, 1.54) is 0 Å². The van der Waals surface area contributed by atoms with Crippen LogP contribution in [0.5, 0.6) is 5.75 Å². The molecule has 1 aromatic heterocycles. The van der Waals surface area contributed by atoms with Crippen molar-refractivity contribution in [3.8, 4) is 17.1 Å². The Hall–Kier alpha value is -2.67. The van der Waals surface area contributed by atoms with Gasteiger partial charge in [-0.1, -0.05) is 0 Å². The molecule has 27 heavy (non-hydrogen) atoms. The van der Waals surface area contributed by atoms with Crippen molar-refractivity contribution in [2.24, 2.45) is 4.99 Å². The van der Waals surface area contributed by atoms with E-state index >= 15 is 0 Å². The van der Waals surface area contributed by atoms with Gasteiger partial charge in [0.1, 0.15) is 28.5 Å². The van der Waals surface area contributed by atoms with E-state index in [2.05, 4.69) is 15.0 Å². The smallest absolute Gasteiger partial charge is 0.186 e. The number of hydrogen-bond acceptors (Lipinski definition) is 6. The summed E-state index contributed by atoms with van der Waals surface area (Å²) in [6, 6.07) is 5.82. The van der Waals surface area contributed by atoms with E-state index in [4.69, 9.17) is 4.74 Å². The minimum atomic E-state index is -0.842. The van der Waals surface area contributed by atoms with E-state index in [1.807, 2.05) is 24.5 Å². The Balaban J connectivity index is 1.88. The Morgan fingerprint density at radius 3 is 2.74 bits per heavy atom. The van der Waals surface area contributed by atoms with Crippen molar-refractivity contribution >= 4 is 35.1 Å². The van der Waals surface area contributed by atoms with Gasteiger partial charge in [0.2, 0.25) is 0 Å². The number of ketones is 2. The number of dihydropyridines is 1. The molecule has 0 saturated heterocycles. The summed E-state index contributed by atoms with van der Waals surface area (Å²) < 4.78 is 5.46. The maximum atomic E-state index is 12.7. The number of carbonyl (C=O) groups is 2. The van der Waals surface area contributed by atoms with E-state index in [1.54, 1.807) is 38.9 Å². The molecule has 1 aliphatic heterocycles. The highest BCUT2D eigenvalue weighted by molar-refractivity contribution is 7.98. The predicted molar refractivity (Wildman–Crippen MR) is 106 cm³/mol. The number of allylic oxidation sites excluding steroid dienone is 1. The fraction of sp³-hybridized carbons (Fsp3) is 0.300. The summed E-state index contributed by atoms with van der Waals surface area (Å²) in [7, 11) is 1.60. The monoisotopic (exact) mass is 381 g/mol. The lowest BCUT2D eigenvalue weighted by Gasteiger charge is -2.27. The van der Waals surface area contributed by atoms with Crippen molar-refractivity contribution in [3.63, 3.8) is 0 Å². The number of benzene rings is 1. The zero-order valence-electron chi connectivity index (χ0n) is 15.5. The van der Waals surface area contributed by atoms with Gasteiger partial charge >= 0.3 is 0 Å². The summed E-state index contributed by atoms with van der Waals surface area (Å²) in [5, 5.41) is 0. The van der Waals surface area contributed by atoms with Crippen LogP contribution in [0.3, 0.4) is 0 Å². The van der Waals surface area contributed by atoms with Crippen LogP contribution in [-0.4, -0.2) is 46.7 Å². The van der Waals surface area contributed by atoms with Gasteiger partial charge in [-0.3, -0.25) is 14.6 Å². The summed E-state index contributed by atoms with van der Waals surface area (Å²) in [6.07, 6.45) is 3.73. The third-order valence-corrected chi connectivity index (χ3v) is 5.63. The second kappa shape index (κ2) is 6.20. The Morgan fingerprint density at radius 2 is 2.04 bits per heavy atom. The first-order valence-electron chi connectivity index (χ1n) is 8.55. The standard InChI is InChI=1S/C20H19N3O3S/c1-20(2)18(25)11-8-14(24)17-16(13(11)9-21-20)22-19(23-17)12-7-10(27-4)5-6-15(12)26-3/h5-7,9H,8H2,1-4H3,(H,22,23). The van der Waals surface area contributed by atoms with Gasteiger partial charge in [-0.2, -0.15) is 0 Å². The third kappa shape index (κ3) is 2.73. The molecule has 2 aliphatic rings. The first-order chi connectivity index (χ1) is 12.9. The minimum Gasteiger partial charge on any atom is -0.496 e. The lowest BCUT2D eigenvalue weighted by Crippen LogP contribution is -2.36. The predicted octanol–water partition coefficient (Wildman–Crippen LogP) is 3.58. The number of aromatic amines is 1. The SMILES string of the molecule is COc1ccc(SC)cc1-c1nc2c([nH]1)C(=O)CC1=C2C=NC(C)(C)C1=O. The van der Waals surface area contributed by atoms with Gasteiger partial charge in [0, 0.05) is 28.7 Å². The Labute approximate surface area is 161 Å². The molecule has 2 aromatic rings. The quantitative estimate of drug-likeness (QED) is 0.822. The van der Waals surface area contributed by atoms with Gasteiger partial charge in [-0.15, -0.1) is 11.8 Å². The average molecular weight is 381 g/mol. The molecule has 0 fully saturated rings. The van der Waals surface area contributed by atoms with Gasteiger partial charge in [-0.25, -0.2) is 4.98 Å². The highest BCUT2D eigenvalue weighted by Gasteiger charge is 2.40. The molecule has 0 atom stereocenters. The minimum absolute atomic E-state index is 0.0697. The lowest BCUT2D eigenvalue weighted by molar-refractivity contribution is -0.119. The summed E-state index contributed by atoms with van der Waals surface area (Å²) >= 11 is 1.61. The van der Waals surface area contributed by atoms with Gasteiger partial charge in [0.15, 0.2) is 11.6 Å². The molecule has 7 heteroatoms. The van der Waals surface area contributed by atoms with Crippen molar-refractivity contribution in [2.75, 3.05) is 13.4 Å². The van der Waals surface area contributed by atoms with Crippen LogP contribution >= 0.6 is 11.8 Å². The molecule has 1 N–H and O–H groups in total. The van der Waals surface area contributed by atoms with Gasteiger partial charge < -0.3 is 9.72 Å². The molecule has 2 heterocycles. The maximum Gasteiger partial charge on any atom is 0.186 e. The fourth-order valence-corrected chi connectivity index (χ4v) is 3.82. The third-order valence-electron chi connectivity index (χ3n) is 4.91. The number of nitrogens with zero attached hydrogens (tertiary/aromatic N) is 2. The molecule has 0 radical (unpaired) electrons. The first kappa shape index (κ1) is 17.7. The van der Waals surface area contributed by atoms with Crippen LogP contribution in [0.25, 0.3) is 17.0 Å². The number of carbonyl (C=O) groups excluding carboxylic acids is 2. The second-order valence-corrected chi connectivity index (χ2v) is 7.89. The molecule has 1 aromatic carbocycles. The molecule has 0 saturated carbocycles. The fourth-order valence-electron chi connectivity index (χ4n) is 3.38. The number of hydrogen-bond donors (Lipinski definition) is 1. The zero-order valence-corrected chi connectivity index (χ0v) is 16.4. The van der Waals surface area contributed by atoms with Crippen molar-refractivity contribution in [3.05, 3.63) is 35.2 Å². The Kier molecular flexibility index (Phi) is 4.07. The van der Waals surface area contributed by atoms with Crippen molar-refractivity contribution in [1.29, 1.82) is 0 Å². The number of ether oxygens (including phenoxy) is 1. The van der Waals surface area contributed by atoms with E-state index in [0.717, 1.165) is 10.5 Å². The molecule has 138 valence electrons. The van der Waals surface area contributed by atoms with Crippen LogP contribution in [0.1, 0.15) is 36.5 Å².